The summed E-state index contributed by atoms with van der Waals surface area (Å²) in [7, 11) is 1.86. The lowest BCUT2D eigenvalue weighted by atomic mass is 10.0. The Kier molecular flexibility index (Phi) is 4.00. The Balaban J connectivity index is 2.18. The van der Waals surface area contributed by atoms with Gasteiger partial charge in [-0.05, 0) is 41.7 Å². The molecule has 0 radical (unpaired) electrons. The summed E-state index contributed by atoms with van der Waals surface area (Å²) in [5.41, 5.74) is 3.12. The predicted molar refractivity (Wildman–Crippen MR) is 74.9 cm³/mol. The molecule has 4 heteroatoms. The van der Waals surface area contributed by atoms with Crippen LogP contribution in [0.5, 0.6) is 0 Å². The van der Waals surface area contributed by atoms with Gasteiger partial charge in [-0.25, -0.2) is 0 Å². The van der Waals surface area contributed by atoms with Crippen molar-refractivity contribution in [1.29, 1.82) is 0 Å². The van der Waals surface area contributed by atoms with Crippen LogP contribution in [0.3, 0.4) is 0 Å². The number of hydrogen-bond donors (Lipinski definition) is 0. The minimum absolute atomic E-state index is 0.532. The Labute approximate surface area is 113 Å². The second kappa shape index (κ2) is 5.69. The van der Waals surface area contributed by atoms with Crippen molar-refractivity contribution in [2.75, 3.05) is 0 Å². The van der Waals surface area contributed by atoms with Crippen LogP contribution >= 0.6 is 0 Å². The first-order valence-corrected chi connectivity index (χ1v) is 6.42. The minimum Gasteiger partial charge on any atom is -0.132 e. The van der Waals surface area contributed by atoms with E-state index in [0.717, 1.165) is 17.2 Å². The second-order valence-corrected chi connectivity index (χ2v) is 4.90. The average molecular weight is 255 g/mol. The average Bonchev–Trinajstić information content (AvgIpc) is 2.38. The summed E-state index contributed by atoms with van der Waals surface area (Å²) in [6.07, 6.45) is 0. The summed E-state index contributed by atoms with van der Waals surface area (Å²) in [6.45, 7) is 6.30. The van der Waals surface area contributed by atoms with E-state index >= 15 is 0 Å². The highest BCUT2D eigenvalue weighted by Gasteiger charge is 2.07. The molecule has 0 saturated carbocycles. The van der Waals surface area contributed by atoms with Crippen LogP contribution in [0.2, 0.25) is 0 Å². The number of rotatable bonds is 3. The van der Waals surface area contributed by atoms with Crippen molar-refractivity contribution in [2.24, 2.45) is 17.3 Å². The zero-order chi connectivity index (χ0) is 13.8. The maximum atomic E-state index is 4.29. The van der Waals surface area contributed by atoms with Gasteiger partial charge in [-0.15, -0.1) is 4.68 Å². The van der Waals surface area contributed by atoms with Crippen LogP contribution in [-0.2, 0) is 7.05 Å². The van der Waals surface area contributed by atoms with Gasteiger partial charge in [0.2, 0.25) is 0 Å². The van der Waals surface area contributed by atoms with Crippen molar-refractivity contribution in [1.82, 2.24) is 5.10 Å². The fourth-order valence-electron chi connectivity index (χ4n) is 1.76. The highest BCUT2D eigenvalue weighted by atomic mass is 15.3. The van der Waals surface area contributed by atoms with E-state index in [4.69, 9.17) is 0 Å². The Hall–Kier alpha value is -2.10. The zero-order valence-electron chi connectivity index (χ0n) is 11.8. The first-order valence-electron chi connectivity index (χ1n) is 6.42. The molecule has 0 aliphatic rings. The first-order chi connectivity index (χ1) is 9.06. The van der Waals surface area contributed by atoms with Crippen LogP contribution in [0.1, 0.15) is 31.0 Å². The Morgan fingerprint density at radius 3 is 2.26 bits per heavy atom. The SMILES string of the molecule is Cc1ccc(N=Nc2ccc(C(C)C)cc2)[n+](C)n1. The number of nitrogens with zero attached hydrogens (tertiary/aromatic N) is 4. The molecular weight excluding hydrogens is 236 g/mol. The predicted octanol–water partition coefficient (Wildman–Crippen LogP) is 3.75. The van der Waals surface area contributed by atoms with Gasteiger partial charge in [-0.2, -0.15) is 0 Å². The molecule has 0 fully saturated rings. The third-order valence-corrected chi connectivity index (χ3v) is 2.94. The molecular formula is C15H19N4+. The van der Waals surface area contributed by atoms with Gasteiger partial charge in [0.15, 0.2) is 0 Å². The smallest absolute Gasteiger partial charge is 0.132 e. The van der Waals surface area contributed by atoms with Crippen molar-refractivity contribution in [3.8, 4) is 0 Å². The van der Waals surface area contributed by atoms with E-state index in [1.54, 1.807) is 4.68 Å². The second-order valence-electron chi connectivity index (χ2n) is 4.90. The Morgan fingerprint density at radius 1 is 1.00 bits per heavy atom. The fraction of sp³-hybridized carbons (Fsp3) is 0.333. The molecule has 0 aliphatic heterocycles. The van der Waals surface area contributed by atoms with E-state index in [1.807, 2.05) is 38.2 Å². The van der Waals surface area contributed by atoms with E-state index in [1.165, 1.54) is 5.56 Å². The molecule has 0 N–H and O–H groups in total. The van der Waals surface area contributed by atoms with Crippen LogP contribution in [0.4, 0.5) is 11.5 Å². The molecule has 0 atom stereocenters. The topological polar surface area (TPSA) is 41.5 Å². The zero-order valence-corrected chi connectivity index (χ0v) is 11.8. The molecule has 1 aromatic carbocycles. The van der Waals surface area contributed by atoms with Crippen molar-refractivity contribution < 1.29 is 4.68 Å². The van der Waals surface area contributed by atoms with E-state index in [2.05, 4.69) is 41.3 Å². The van der Waals surface area contributed by atoms with Gasteiger partial charge in [0.25, 0.3) is 0 Å². The lowest BCUT2D eigenvalue weighted by Crippen LogP contribution is -2.33. The molecule has 98 valence electrons. The summed E-state index contributed by atoms with van der Waals surface area (Å²) in [5, 5.41) is 12.7. The molecule has 4 nitrogen and oxygen atoms in total. The number of aromatic nitrogens is 2. The first kappa shape index (κ1) is 13.3. The van der Waals surface area contributed by atoms with Gasteiger partial charge < -0.3 is 0 Å². The van der Waals surface area contributed by atoms with Gasteiger partial charge in [-0.3, -0.25) is 0 Å². The van der Waals surface area contributed by atoms with E-state index in [0.29, 0.717) is 5.92 Å². The maximum Gasteiger partial charge on any atom is 0.370 e. The van der Waals surface area contributed by atoms with Gasteiger partial charge in [0.1, 0.15) is 12.7 Å². The molecule has 0 amide bonds. The summed E-state index contributed by atoms with van der Waals surface area (Å²) in [6, 6.07) is 12.0. The summed E-state index contributed by atoms with van der Waals surface area (Å²) in [4.78, 5) is 0. The van der Waals surface area contributed by atoms with E-state index in [-0.39, 0.29) is 0 Å². The van der Waals surface area contributed by atoms with Crippen LogP contribution < -0.4 is 4.68 Å². The number of aryl methyl sites for hydroxylation is 2. The molecule has 1 heterocycles. The number of azo groups is 1. The lowest BCUT2D eigenvalue weighted by molar-refractivity contribution is -0.719. The highest BCUT2D eigenvalue weighted by molar-refractivity contribution is 5.39. The Bertz CT molecular complexity index is 586. The molecule has 0 bridgehead atoms. The number of hydrogen-bond acceptors (Lipinski definition) is 3. The van der Waals surface area contributed by atoms with Crippen molar-refractivity contribution in [2.45, 2.75) is 26.7 Å². The maximum absolute atomic E-state index is 4.29. The number of benzene rings is 1. The third-order valence-electron chi connectivity index (χ3n) is 2.94. The quantitative estimate of drug-likeness (QED) is 0.608. The standard InChI is InChI=1S/C15H19N4/c1-11(2)13-6-8-14(9-7-13)16-17-15-10-5-12(3)18-19(15)4/h5-11H,1-4H3/q+1. The van der Waals surface area contributed by atoms with Crippen molar-refractivity contribution in [3.05, 3.63) is 47.7 Å². The molecule has 0 saturated heterocycles. The molecule has 19 heavy (non-hydrogen) atoms. The van der Waals surface area contributed by atoms with Crippen LogP contribution in [-0.4, -0.2) is 5.10 Å². The van der Waals surface area contributed by atoms with Gasteiger partial charge in [-0.1, -0.05) is 31.1 Å². The van der Waals surface area contributed by atoms with Crippen LogP contribution in [0.25, 0.3) is 0 Å². The molecule has 0 aliphatic carbocycles. The molecule has 0 unspecified atom stereocenters. The summed E-state index contributed by atoms with van der Waals surface area (Å²) >= 11 is 0. The largest absolute Gasteiger partial charge is 0.370 e. The summed E-state index contributed by atoms with van der Waals surface area (Å²) < 4.78 is 1.72. The highest BCUT2D eigenvalue weighted by Crippen LogP contribution is 2.20. The minimum atomic E-state index is 0.532. The Morgan fingerprint density at radius 2 is 1.68 bits per heavy atom. The van der Waals surface area contributed by atoms with Crippen LogP contribution in [0, 0.1) is 6.92 Å². The molecule has 2 aromatic rings. The van der Waals surface area contributed by atoms with Gasteiger partial charge >= 0.3 is 5.82 Å². The normalized spacial score (nSPS) is 11.4. The molecule has 2 rings (SSSR count). The molecule has 0 spiro atoms. The monoisotopic (exact) mass is 255 g/mol. The van der Waals surface area contributed by atoms with Crippen molar-refractivity contribution in [3.63, 3.8) is 0 Å². The summed E-state index contributed by atoms with van der Waals surface area (Å²) in [5.74, 6) is 1.27. The van der Waals surface area contributed by atoms with Gasteiger partial charge in [0.05, 0.1) is 10.8 Å². The van der Waals surface area contributed by atoms with E-state index < -0.39 is 0 Å². The van der Waals surface area contributed by atoms with Gasteiger partial charge in [0, 0.05) is 6.07 Å². The van der Waals surface area contributed by atoms with E-state index in [9.17, 15) is 0 Å². The lowest BCUT2D eigenvalue weighted by Gasteiger charge is -2.03. The van der Waals surface area contributed by atoms with Crippen molar-refractivity contribution >= 4 is 11.5 Å². The molecule has 1 aromatic heterocycles. The van der Waals surface area contributed by atoms with Crippen LogP contribution in [0.15, 0.2) is 46.6 Å². The fourth-order valence-corrected chi connectivity index (χ4v) is 1.76. The third kappa shape index (κ3) is 3.44.